The third-order valence-corrected chi connectivity index (χ3v) is 4.80. The van der Waals surface area contributed by atoms with Crippen LogP contribution in [-0.2, 0) is 0 Å². The summed E-state index contributed by atoms with van der Waals surface area (Å²) in [6.45, 7) is 3.08. The maximum Gasteiger partial charge on any atom is 0.191 e. The minimum atomic E-state index is 0. The average molecular weight is 463 g/mol. The molecule has 0 radical (unpaired) electrons. The molecule has 0 saturated carbocycles. The van der Waals surface area contributed by atoms with Gasteiger partial charge in [0.2, 0.25) is 0 Å². The Morgan fingerprint density at radius 3 is 2.75 bits per heavy atom. The molecule has 0 bridgehead atoms. The minimum Gasteiger partial charge on any atom is -0.356 e. The molecule has 1 aliphatic rings. The van der Waals surface area contributed by atoms with Crippen molar-refractivity contribution >= 4 is 47.5 Å². The highest BCUT2D eigenvalue weighted by Gasteiger charge is 2.20. The van der Waals surface area contributed by atoms with Crippen molar-refractivity contribution in [1.82, 2.24) is 15.6 Å². The smallest absolute Gasteiger partial charge is 0.191 e. The topological polar surface area (TPSA) is 52.6 Å². The van der Waals surface area contributed by atoms with E-state index < -0.39 is 0 Å². The molecule has 0 amide bonds. The fourth-order valence-corrected chi connectivity index (χ4v) is 3.25. The van der Waals surface area contributed by atoms with Crippen LogP contribution in [-0.4, -0.2) is 55.7 Å². The third kappa shape index (κ3) is 7.46. The van der Waals surface area contributed by atoms with E-state index >= 15 is 0 Å². The van der Waals surface area contributed by atoms with Gasteiger partial charge in [0, 0.05) is 38.9 Å². The van der Waals surface area contributed by atoms with Gasteiger partial charge in [-0.05, 0) is 49.8 Å². The second-order valence-corrected chi connectivity index (χ2v) is 6.78. The first kappa shape index (κ1) is 21.3. The van der Waals surface area contributed by atoms with Crippen molar-refractivity contribution in [2.24, 2.45) is 4.99 Å². The largest absolute Gasteiger partial charge is 0.356 e. The predicted octanol–water partition coefficient (Wildman–Crippen LogP) is 2.98. The second kappa shape index (κ2) is 12.6. The molecular formula is C17H30IN5S. The highest BCUT2D eigenvalue weighted by atomic mass is 127. The summed E-state index contributed by atoms with van der Waals surface area (Å²) in [5, 5.41) is 6.98. The number of hydrogen-bond acceptors (Lipinski definition) is 4. The van der Waals surface area contributed by atoms with Gasteiger partial charge < -0.3 is 15.5 Å². The summed E-state index contributed by atoms with van der Waals surface area (Å²) < 4.78 is 0. The lowest BCUT2D eigenvalue weighted by Gasteiger charge is -2.33. The van der Waals surface area contributed by atoms with Gasteiger partial charge in [0.15, 0.2) is 5.96 Å². The number of guanidine groups is 1. The van der Waals surface area contributed by atoms with Crippen LogP contribution in [0.5, 0.6) is 0 Å². The number of nitrogens with one attached hydrogen (secondary N) is 2. The number of hydrogen-bond donors (Lipinski definition) is 2. The zero-order valence-corrected chi connectivity index (χ0v) is 17.8. The molecule has 7 heteroatoms. The molecule has 1 fully saturated rings. The Morgan fingerprint density at radius 2 is 2.12 bits per heavy atom. The Kier molecular flexibility index (Phi) is 11.2. The van der Waals surface area contributed by atoms with Crippen LogP contribution in [0.2, 0.25) is 0 Å². The summed E-state index contributed by atoms with van der Waals surface area (Å²) in [4.78, 5) is 11.1. The number of aliphatic imine (C=N–C) groups is 1. The lowest BCUT2D eigenvalue weighted by atomic mass is 10.1. The van der Waals surface area contributed by atoms with Crippen molar-refractivity contribution in [3.8, 4) is 0 Å². The van der Waals surface area contributed by atoms with Gasteiger partial charge in [-0.3, -0.25) is 4.99 Å². The third-order valence-electron chi connectivity index (χ3n) is 4.10. The fraction of sp³-hybridized carbons (Fsp3) is 0.647. The number of unbranched alkanes of at least 4 members (excludes halogenated alkanes) is 1. The van der Waals surface area contributed by atoms with Gasteiger partial charge in [-0.15, -0.1) is 24.0 Å². The van der Waals surface area contributed by atoms with Crippen LogP contribution in [0.4, 0.5) is 5.82 Å². The molecule has 1 aliphatic heterocycles. The van der Waals surface area contributed by atoms with Crippen molar-refractivity contribution in [1.29, 1.82) is 0 Å². The van der Waals surface area contributed by atoms with Crippen molar-refractivity contribution in [2.75, 3.05) is 43.6 Å². The maximum absolute atomic E-state index is 4.44. The monoisotopic (exact) mass is 463 g/mol. The lowest BCUT2D eigenvalue weighted by molar-refractivity contribution is 0.459. The van der Waals surface area contributed by atoms with Crippen LogP contribution < -0.4 is 15.5 Å². The van der Waals surface area contributed by atoms with Gasteiger partial charge in [0.1, 0.15) is 5.82 Å². The molecule has 2 rings (SSSR count). The summed E-state index contributed by atoms with van der Waals surface area (Å²) >= 11 is 1.91. The first-order valence-corrected chi connectivity index (χ1v) is 9.85. The number of piperidine rings is 1. The summed E-state index contributed by atoms with van der Waals surface area (Å²) in [7, 11) is 1.85. The maximum atomic E-state index is 4.44. The van der Waals surface area contributed by atoms with Crippen LogP contribution in [0.25, 0.3) is 0 Å². The first-order chi connectivity index (χ1) is 11.3. The Labute approximate surface area is 167 Å². The van der Waals surface area contributed by atoms with E-state index in [-0.39, 0.29) is 24.0 Å². The Morgan fingerprint density at radius 1 is 1.33 bits per heavy atom. The fourth-order valence-electron chi connectivity index (χ4n) is 2.76. The second-order valence-electron chi connectivity index (χ2n) is 5.79. The van der Waals surface area contributed by atoms with E-state index in [2.05, 4.69) is 43.9 Å². The van der Waals surface area contributed by atoms with E-state index in [1.165, 1.54) is 18.6 Å². The van der Waals surface area contributed by atoms with Crippen molar-refractivity contribution in [2.45, 2.75) is 31.7 Å². The molecule has 1 aromatic rings. The van der Waals surface area contributed by atoms with Gasteiger partial charge in [0.25, 0.3) is 0 Å². The standard InChI is InChI=1S/C17H29N5S.HI/c1-18-17(20-11-5-6-14-23-2)21-15-8-12-22(13-9-15)16-7-3-4-10-19-16;/h3-4,7,10,15H,5-6,8-9,11-14H2,1-2H3,(H2,18,20,21);1H. The number of rotatable bonds is 7. The molecule has 2 heterocycles. The number of thioether (sulfide) groups is 1. The number of nitrogens with zero attached hydrogens (tertiary/aromatic N) is 3. The molecule has 24 heavy (non-hydrogen) atoms. The first-order valence-electron chi connectivity index (χ1n) is 8.45. The lowest BCUT2D eigenvalue weighted by Crippen LogP contribution is -2.49. The van der Waals surface area contributed by atoms with Gasteiger partial charge in [0.05, 0.1) is 0 Å². The Bertz CT molecular complexity index is 463. The summed E-state index contributed by atoms with van der Waals surface area (Å²) in [5.74, 6) is 3.26. The molecule has 5 nitrogen and oxygen atoms in total. The molecule has 0 atom stereocenters. The summed E-state index contributed by atoms with van der Waals surface area (Å²) in [6, 6.07) is 6.60. The predicted molar refractivity (Wildman–Crippen MR) is 117 cm³/mol. The zero-order valence-electron chi connectivity index (χ0n) is 14.7. The quantitative estimate of drug-likeness (QED) is 0.282. The molecule has 0 spiro atoms. The molecular weight excluding hydrogens is 433 g/mol. The van der Waals surface area contributed by atoms with Crippen molar-refractivity contribution < 1.29 is 0 Å². The van der Waals surface area contributed by atoms with Crippen LogP contribution >= 0.6 is 35.7 Å². The molecule has 0 unspecified atom stereocenters. The summed E-state index contributed by atoms with van der Waals surface area (Å²) in [6.07, 6.45) is 8.70. The molecule has 1 aromatic heterocycles. The van der Waals surface area contributed by atoms with E-state index in [9.17, 15) is 0 Å². The SMILES string of the molecule is CN=C(NCCCCSC)NC1CCN(c2ccccn2)CC1.I. The number of anilines is 1. The summed E-state index contributed by atoms with van der Waals surface area (Å²) in [5.41, 5.74) is 0. The Balaban J connectivity index is 0.00000288. The van der Waals surface area contributed by atoms with Crippen LogP contribution in [0, 0.1) is 0 Å². The van der Waals surface area contributed by atoms with Gasteiger partial charge >= 0.3 is 0 Å². The highest BCUT2D eigenvalue weighted by molar-refractivity contribution is 14.0. The van der Waals surface area contributed by atoms with E-state index in [1.54, 1.807) is 0 Å². The number of pyridine rings is 1. The molecule has 2 N–H and O–H groups in total. The van der Waals surface area contributed by atoms with Crippen LogP contribution in [0.15, 0.2) is 29.4 Å². The Hall–Kier alpha value is -0.700. The van der Waals surface area contributed by atoms with Crippen LogP contribution in [0.1, 0.15) is 25.7 Å². The van der Waals surface area contributed by atoms with E-state index in [1.807, 2.05) is 31.1 Å². The van der Waals surface area contributed by atoms with E-state index in [4.69, 9.17) is 0 Å². The minimum absolute atomic E-state index is 0. The van der Waals surface area contributed by atoms with Gasteiger partial charge in [-0.25, -0.2) is 4.98 Å². The number of halogens is 1. The average Bonchev–Trinajstić information content (AvgIpc) is 2.62. The molecule has 0 aromatic carbocycles. The van der Waals surface area contributed by atoms with Gasteiger partial charge in [-0.1, -0.05) is 6.07 Å². The van der Waals surface area contributed by atoms with E-state index in [0.717, 1.165) is 44.3 Å². The number of aromatic nitrogens is 1. The van der Waals surface area contributed by atoms with Crippen molar-refractivity contribution in [3.63, 3.8) is 0 Å². The molecule has 1 saturated heterocycles. The van der Waals surface area contributed by atoms with Crippen LogP contribution in [0.3, 0.4) is 0 Å². The van der Waals surface area contributed by atoms with Gasteiger partial charge in [-0.2, -0.15) is 11.8 Å². The zero-order chi connectivity index (χ0) is 16.3. The highest BCUT2D eigenvalue weighted by Crippen LogP contribution is 2.17. The normalized spacial score (nSPS) is 15.8. The molecule has 136 valence electrons. The van der Waals surface area contributed by atoms with E-state index in [0.29, 0.717) is 6.04 Å². The van der Waals surface area contributed by atoms with Crippen molar-refractivity contribution in [3.05, 3.63) is 24.4 Å². The molecule has 0 aliphatic carbocycles.